The predicted octanol–water partition coefficient (Wildman–Crippen LogP) is 7.37. The Morgan fingerprint density at radius 1 is 0.839 bits per heavy atom. The maximum atomic E-state index is 13.0. The largest absolute Gasteiger partial charge is 0.321 e. The molecule has 0 radical (unpaired) electrons. The number of halogens is 3. The molecule has 4 rings (SSSR count). The highest BCUT2D eigenvalue weighted by Gasteiger charge is 2.19. The lowest BCUT2D eigenvalue weighted by molar-refractivity contribution is 0.102. The van der Waals surface area contributed by atoms with E-state index in [4.69, 9.17) is 34.8 Å². The van der Waals surface area contributed by atoms with Crippen molar-refractivity contribution < 1.29 is 4.79 Å². The Balaban J connectivity index is 1.77. The molecule has 0 fully saturated rings. The third-order valence-electron chi connectivity index (χ3n) is 4.98. The fourth-order valence-corrected chi connectivity index (χ4v) is 3.78. The fraction of sp³-hybridized carbons (Fsp3) is 0.0833. The number of carbonyl (C=O) groups is 1. The molecule has 31 heavy (non-hydrogen) atoms. The molecule has 0 saturated heterocycles. The van der Waals surface area contributed by atoms with E-state index in [0.29, 0.717) is 32.1 Å². The number of carbonyl (C=O) groups excluding carboxylic acids is 1. The third kappa shape index (κ3) is 4.62. The summed E-state index contributed by atoms with van der Waals surface area (Å²) >= 11 is 18.5. The van der Waals surface area contributed by atoms with Crippen molar-refractivity contribution in [1.82, 2.24) is 9.78 Å². The van der Waals surface area contributed by atoms with Gasteiger partial charge in [-0.2, -0.15) is 5.10 Å². The molecular weight excluding hydrogens is 453 g/mol. The second kappa shape index (κ2) is 8.75. The Kier molecular flexibility index (Phi) is 6.05. The molecular formula is C24H18Cl3N3O. The number of benzene rings is 3. The quantitative estimate of drug-likeness (QED) is 0.338. The molecule has 1 aromatic heterocycles. The van der Waals surface area contributed by atoms with Crippen LogP contribution in [0.1, 0.15) is 21.6 Å². The first-order chi connectivity index (χ1) is 14.8. The van der Waals surface area contributed by atoms with Gasteiger partial charge in [-0.05, 0) is 73.5 Å². The van der Waals surface area contributed by atoms with Crippen LogP contribution in [0.4, 0.5) is 5.69 Å². The van der Waals surface area contributed by atoms with Crippen LogP contribution in [-0.2, 0) is 0 Å². The molecule has 0 aliphatic carbocycles. The Morgan fingerprint density at radius 3 is 2.23 bits per heavy atom. The van der Waals surface area contributed by atoms with Gasteiger partial charge in [0, 0.05) is 21.3 Å². The molecule has 1 heterocycles. The van der Waals surface area contributed by atoms with E-state index < -0.39 is 0 Å². The molecule has 1 amide bonds. The molecule has 0 spiro atoms. The molecule has 4 aromatic rings. The van der Waals surface area contributed by atoms with Gasteiger partial charge in [-0.3, -0.25) is 4.79 Å². The molecule has 1 N–H and O–H groups in total. The van der Waals surface area contributed by atoms with Gasteiger partial charge < -0.3 is 5.32 Å². The average molecular weight is 471 g/mol. The van der Waals surface area contributed by atoms with Crippen LogP contribution in [0.25, 0.3) is 16.9 Å². The highest BCUT2D eigenvalue weighted by molar-refractivity contribution is 6.35. The van der Waals surface area contributed by atoms with Crippen LogP contribution in [0.2, 0.25) is 15.1 Å². The molecule has 156 valence electrons. The third-order valence-corrected chi connectivity index (χ3v) is 5.77. The van der Waals surface area contributed by atoms with Gasteiger partial charge in [0.2, 0.25) is 0 Å². The Bertz CT molecular complexity index is 1280. The Morgan fingerprint density at radius 2 is 1.55 bits per heavy atom. The molecule has 7 heteroatoms. The zero-order valence-corrected chi connectivity index (χ0v) is 19.1. The van der Waals surface area contributed by atoms with Gasteiger partial charge in [-0.1, -0.05) is 53.0 Å². The number of rotatable bonds is 4. The normalized spacial score (nSPS) is 10.9. The first kappa shape index (κ1) is 21.4. The summed E-state index contributed by atoms with van der Waals surface area (Å²) in [5.41, 5.74) is 5.37. The van der Waals surface area contributed by atoms with Crippen LogP contribution in [-0.4, -0.2) is 15.7 Å². The molecule has 0 aliphatic rings. The van der Waals surface area contributed by atoms with E-state index in [1.54, 1.807) is 41.1 Å². The minimum atomic E-state index is -0.317. The van der Waals surface area contributed by atoms with Crippen molar-refractivity contribution in [2.24, 2.45) is 0 Å². The smallest absolute Gasteiger partial charge is 0.276 e. The zero-order valence-electron chi connectivity index (χ0n) is 16.8. The monoisotopic (exact) mass is 469 g/mol. The van der Waals surface area contributed by atoms with Crippen LogP contribution >= 0.6 is 34.8 Å². The standard InChI is InChI=1S/C24H18Cl3N3O/c1-14-3-9-19(11-15(14)2)28-24(31)21-13-23(16-4-6-17(25)7-5-16)30(29-21)22-10-8-18(26)12-20(22)27/h3-13H,1-2H3,(H,28,31). The van der Waals surface area contributed by atoms with Crippen LogP contribution in [0.5, 0.6) is 0 Å². The summed E-state index contributed by atoms with van der Waals surface area (Å²) in [5, 5.41) is 9.02. The lowest BCUT2D eigenvalue weighted by Crippen LogP contribution is -2.13. The van der Waals surface area contributed by atoms with Crippen LogP contribution in [0.15, 0.2) is 66.7 Å². The van der Waals surface area contributed by atoms with Crippen molar-refractivity contribution >= 4 is 46.4 Å². The van der Waals surface area contributed by atoms with Crippen LogP contribution < -0.4 is 5.32 Å². The maximum absolute atomic E-state index is 13.0. The summed E-state index contributed by atoms with van der Waals surface area (Å²) in [7, 11) is 0. The van der Waals surface area contributed by atoms with E-state index in [1.807, 2.05) is 44.2 Å². The van der Waals surface area contributed by atoms with E-state index in [0.717, 1.165) is 16.7 Å². The van der Waals surface area contributed by atoms with E-state index in [9.17, 15) is 4.79 Å². The zero-order chi connectivity index (χ0) is 22.1. The highest BCUT2D eigenvalue weighted by Crippen LogP contribution is 2.30. The van der Waals surface area contributed by atoms with Gasteiger partial charge in [0.1, 0.15) is 0 Å². The average Bonchev–Trinajstić information content (AvgIpc) is 3.16. The molecule has 0 atom stereocenters. The summed E-state index contributed by atoms with van der Waals surface area (Å²) in [4.78, 5) is 13.0. The second-order valence-corrected chi connectivity index (χ2v) is 8.46. The van der Waals surface area contributed by atoms with Gasteiger partial charge in [-0.15, -0.1) is 0 Å². The van der Waals surface area contributed by atoms with Gasteiger partial charge in [-0.25, -0.2) is 4.68 Å². The predicted molar refractivity (Wildman–Crippen MR) is 128 cm³/mol. The summed E-state index contributed by atoms with van der Waals surface area (Å²) in [6.07, 6.45) is 0. The summed E-state index contributed by atoms with van der Waals surface area (Å²) in [5.74, 6) is -0.317. The van der Waals surface area contributed by atoms with Gasteiger partial charge >= 0.3 is 0 Å². The number of nitrogens with one attached hydrogen (secondary N) is 1. The number of aryl methyl sites for hydroxylation is 2. The van der Waals surface area contributed by atoms with Crippen molar-refractivity contribution in [2.75, 3.05) is 5.32 Å². The van der Waals surface area contributed by atoms with E-state index in [1.165, 1.54) is 0 Å². The molecule has 0 aliphatic heterocycles. The SMILES string of the molecule is Cc1ccc(NC(=O)c2cc(-c3ccc(Cl)cc3)n(-c3ccc(Cl)cc3Cl)n2)cc1C. The number of hydrogen-bond donors (Lipinski definition) is 1. The summed E-state index contributed by atoms with van der Waals surface area (Å²) in [6.45, 7) is 4.03. The second-order valence-electron chi connectivity index (χ2n) is 7.18. The molecule has 0 saturated carbocycles. The summed E-state index contributed by atoms with van der Waals surface area (Å²) in [6, 6.07) is 19.9. The Hall–Kier alpha value is -2.79. The van der Waals surface area contributed by atoms with Crippen molar-refractivity contribution in [3.63, 3.8) is 0 Å². The van der Waals surface area contributed by atoms with Crippen LogP contribution in [0, 0.1) is 13.8 Å². The first-order valence-electron chi connectivity index (χ1n) is 9.52. The van der Waals surface area contributed by atoms with Crippen molar-refractivity contribution in [2.45, 2.75) is 13.8 Å². The van der Waals surface area contributed by atoms with Gasteiger partial charge in [0.15, 0.2) is 5.69 Å². The Labute approximate surface area is 195 Å². The number of nitrogens with zero attached hydrogens (tertiary/aromatic N) is 2. The number of hydrogen-bond acceptors (Lipinski definition) is 2. The van der Waals surface area contributed by atoms with Gasteiger partial charge in [0.05, 0.1) is 16.4 Å². The maximum Gasteiger partial charge on any atom is 0.276 e. The lowest BCUT2D eigenvalue weighted by atomic mass is 10.1. The van der Waals surface area contributed by atoms with Crippen LogP contribution in [0.3, 0.4) is 0 Å². The van der Waals surface area contributed by atoms with Crippen molar-refractivity contribution in [3.8, 4) is 16.9 Å². The van der Waals surface area contributed by atoms with Crippen molar-refractivity contribution in [1.29, 1.82) is 0 Å². The molecule has 0 bridgehead atoms. The number of anilines is 1. The number of amides is 1. The number of aromatic nitrogens is 2. The first-order valence-corrected chi connectivity index (χ1v) is 10.7. The summed E-state index contributed by atoms with van der Waals surface area (Å²) < 4.78 is 1.64. The molecule has 4 nitrogen and oxygen atoms in total. The van der Waals surface area contributed by atoms with E-state index >= 15 is 0 Å². The highest BCUT2D eigenvalue weighted by atomic mass is 35.5. The van der Waals surface area contributed by atoms with Gasteiger partial charge in [0.25, 0.3) is 5.91 Å². The topological polar surface area (TPSA) is 46.9 Å². The molecule has 0 unspecified atom stereocenters. The minimum absolute atomic E-state index is 0.259. The van der Waals surface area contributed by atoms with Crippen molar-refractivity contribution in [3.05, 3.63) is 98.6 Å². The van der Waals surface area contributed by atoms with E-state index in [2.05, 4.69) is 10.4 Å². The molecule has 3 aromatic carbocycles. The minimum Gasteiger partial charge on any atom is -0.321 e. The van der Waals surface area contributed by atoms with E-state index in [-0.39, 0.29) is 11.6 Å². The fourth-order valence-electron chi connectivity index (χ4n) is 3.17. The lowest BCUT2D eigenvalue weighted by Gasteiger charge is -2.10.